The molecule has 0 fully saturated rings. The van der Waals surface area contributed by atoms with Crippen molar-refractivity contribution in [3.05, 3.63) is 29.3 Å². The number of hydrogen-bond donors (Lipinski definition) is 2. The molecule has 1 unspecified atom stereocenters. The number of hydrogen-bond acceptors (Lipinski definition) is 2. The van der Waals surface area contributed by atoms with Gasteiger partial charge in [-0.1, -0.05) is 32.5 Å². The molecule has 1 aromatic carbocycles. The van der Waals surface area contributed by atoms with Crippen LogP contribution in [0.15, 0.2) is 18.2 Å². The molecule has 0 aromatic heterocycles. The van der Waals surface area contributed by atoms with Crippen molar-refractivity contribution in [2.45, 2.75) is 26.4 Å². The summed E-state index contributed by atoms with van der Waals surface area (Å²) in [5.74, 6) is 0.418. The van der Waals surface area contributed by atoms with E-state index in [-0.39, 0.29) is 10.6 Å². The van der Waals surface area contributed by atoms with E-state index >= 15 is 0 Å². The minimum atomic E-state index is -4.39. The van der Waals surface area contributed by atoms with Gasteiger partial charge in [-0.05, 0) is 24.1 Å². The average Bonchev–Trinajstić information content (AvgIpc) is 2.34. The van der Waals surface area contributed by atoms with Crippen molar-refractivity contribution in [3.63, 3.8) is 0 Å². The highest BCUT2D eigenvalue weighted by molar-refractivity contribution is 7.80. The molecule has 0 aliphatic carbocycles. The van der Waals surface area contributed by atoms with E-state index in [0.29, 0.717) is 18.2 Å². The van der Waals surface area contributed by atoms with Gasteiger partial charge in [-0.3, -0.25) is 0 Å². The Kier molecular flexibility index (Phi) is 5.17. The first kappa shape index (κ1) is 15.8. The largest absolute Gasteiger partial charge is 0.416 e. The fourth-order valence-electron chi connectivity index (χ4n) is 1.51. The molecule has 0 aliphatic rings. The Morgan fingerprint density at radius 3 is 2.53 bits per heavy atom. The second kappa shape index (κ2) is 6.23. The lowest BCUT2D eigenvalue weighted by Gasteiger charge is -2.16. The molecule has 0 saturated heterocycles. The molecule has 19 heavy (non-hydrogen) atoms. The summed E-state index contributed by atoms with van der Waals surface area (Å²) >= 11 is 4.81. The van der Waals surface area contributed by atoms with Gasteiger partial charge in [0.15, 0.2) is 0 Å². The molecule has 0 bridgehead atoms. The van der Waals surface area contributed by atoms with Gasteiger partial charge in [0.1, 0.15) is 4.99 Å². The van der Waals surface area contributed by atoms with Crippen LogP contribution in [0.25, 0.3) is 0 Å². The first-order chi connectivity index (χ1) is 8.75. The number of thiocarbonyl (C=S) groups is 1. The van der Waals surface area contributed by atoms with E-state index in [2.05, 4.69) is 12.2 Å². The van der Waals surface area contributed by atoms with Crippen LogP contribution in [0.5, 0.6) is 0 Å². The Balaban J connectivity index is 3.02. The third-order valence-electron chi connectivity index (χ3n) is 2.95. The zero-order valence-corrected chi connectivity index (χ0v) is 11.7. The fraction of sp³-hybridized carbons (Fsp3) is 0.462. The summed E-state index contributed by atoms with van der Waals surface area (Å²) in [7, 11) is 0. The lowest BCUT2D eigenvalue weighted by atomic mass is 10.1. The molecule has 0 radical (unpaired) electrons. The van der Waals surface area contributed by atoms with Gasteiger partial charge in [-0.25, -0.2) is 0 Å². The number of rotatable bonds is 5. The van der Waals surface area contributed by atoms with Crippen molar-refractivity contribution in [1.29, 1.82) is 0 Å². The fourth-order valence-corrected chi connectivity index (χ4v) is 1.68. The number of nitrogens with two attached hydrogens (primary N) is 1. The van der Waals surface area contributed by atoms with E-state index in [4.69, 9.17) is 18.0 Å². The van der Waals surface area contributed by atoms with Crippen LogP contribution < -0.4 is 11.1 Å². The Bertz CT molecular complexity index is 458. The first-order valence-corrected chi connectivity index (χ1v) is 6.41. The quantitative estimate of drug-likeness (QED) is 0.810. The molecule has 2 nitrogen and oxygen atoms in total. The predicted molar refractivity (Wildman–Crippen MR) is 75.3 cm³/mol. The molecular weight excluding hydrogens is 273 g/mol. The second-order valence-electron chi connectivity index (χ2n) is 4.52. The molecule has 0 heterocycles. The van der Waals surface area contributed by atoms with E-state index in [1.54, 1.807) is 0 Å². The van der Waals surface area contributed by atoms with Crippen LogP contribution >= 0.6 is 12.2 Å². The van der Waals surface area contributed by atoms with Gasteiger partial charge in [-0.15, -0.1) is 0 Å². The molecule has 1 atom stereocenters. The zero-order valence-electron chi connectivity index (χ0n) is 10.8. The summed E-state index contributed by atoms with van der Waals surface area (Å²) in [6.07, 6.45) is -3.41. The van der Waals surface area contributed by atoms with E-state index in [9.17, 15) is 13.2 Å². The van der Waals surface area contributed by atoms with Crippen LogP contribution in [0.4, 0.5) is 18.9 Å². The maximum atomic E-state index is 12.6. The Morgan fingerprint density at radius 2 is 2.05 bits per heavy atom. The zero-order chi connectivity index (χ0) is 14.6. The van der Waals surface area contributed by atoms with Crippen molar-refractivity contribution < 1.29 is 13.2 Å². The van der Waals surface area contributed by atoms with Gasteiger partial charge >= 0.3 is 6.18 Å². The molecule has 0 spiro atoms. The average molecular weight is 290 g/mol. The minimum absolute atomic E-state index is 0.0437. The van der Waals surface area contributed by atoms with Gasteiger partial charge in [0.05, 0.1) is 5.56 Å². The SMILES string of the molecule is CCC(C)CNc1ccc(C(F)(F)F)cc1C(N)=S. The summed E-state index contributed by atoms with van der Waals surface area (Å²) in [5.41, 5.74) is 5.52. The number of alkyl halides is 3. The van der Waals surface area contributed by atoms with Crippen molar-refractivity contribution >= 4 is 22.9 Å². The van der Waals surface area contributed by atoms with Gasteiger partial charge in [0.2, 0.25) is 0 Å². The lowest BCUT2D eigenvalue weighted by molar-refractivity contribution is -0.137. The highest BCUT2D eigenvalue weighted by Gasteiger charge is 2.31. The molecule has 106 valence electrons. The third-order valence-corrected chi connectivity index (χ3v) is 3.17. The highest BCUT2D eigenvalue weighted by atomic mass is 32.1. The highest BCUT2D eigenvalue weighted by Crippen LogP contribution is 2.31. The van der Waals surface area contributed by atoms with E-state index in [1.165, 1.54) is 6.07 Å². The van der Waals surface area contributed by atoms with Crippen molar-refractivity contribution in [2.75, 3.05) is 11.9 Å². The Labute approximate surface area is 116 Å². The Hall–Kier alpha value is -1.30. The van der Waals surface area contributed by atoms with Crippen molar-refractivity contribution in [3.8, 4) is 0 Å². The number of benzene rings is 1. The monoisotopic (exact) mass is 290 g/mol. The molecule has 3 N–H and O–H groups in total. The van der Waals surface area contributed by atoms with Crippen molar-refractivity contribution in [2.24, 2.45) is 11.7 Å². The normalized spacial score (nSPS) is 13.1. The summed E-state index contributed by atoms with van der Waals surface area (Å²) in [5, 5.41) is 3.09. The Morgan fingerprint density at radius 1 is 1.42 bits per heavy atom. The van der Waals surface area contributed by atoms with E-state index in [0.717, 1.165) is 18.6 Å². The number of anilines is 1. The van der Waals surface area contributed by atoms with Gasteiger partial charge in [0, 0.05) is 17.8 Å². The molecule has 0 aliphatic heterocycles. The van der Waals surface area contributed by atoms with E-state index in [1.807, 2.05) is 6.92 Å². The van der Waals surface area contributed by atoms with Crippen LogP contribution in [0.1, 0.15) is 31.4 Å². The van der Waals surface area contributed by atoms with Gasteiger partial charge in [-0.2, -0.15) is 13.2 Å². The molecular formula is C13H17F3N2S. The van der Waals surface area contributed by atoms with Crippen LogP contribution in [0.3, 0.4) is 0 Å². The predicted octanol–water partition coefficient (Wildman–Crippen LogP) is 3.80. The first-order valence-electron chi connectivity index (χ1n) is 6.00. The van der Waals surface area contributed by atoms with Crippen molar-refractivity contribution in [1.82, 2.24) is 0 Å². The summed E-state index contributed by atoms with van der Waals surface area (Å²) < 4.78 is 37.9. The molecule has 6 heteroatoms. The molecule has 0 saturated carbocycles. The van der Waals surface area contributed by atoms with E-state index < -0.39 is 11.7 Å². The van der Waals surface area contributed by atoms with Gasteiger partial charge in [0.25, 0.3) is 0 Å². The van der Waals surface area contributed by atoms with Gasteiger partial charge < -0.3 is 11.1 Å². The minimum Gasteiger partial charge on any atom is -0.389 e. The smallest absolute Gasteiger partial charge is 0.389 e. The third kappa shape index (κ3) is 4.38. The summed E-state index contributed by atoms with van der Waals surface area (Å²) in [4.78, 5) is -0.0437. The topological polar surface area (TPSA) is 38.0 Å². The molecule has 1 rings (SSSR count). The van der Waals surface area contributed by atoms with Crippen LogP contribution in [-0.4, -0.2) is 11.5 Å². The molecule has 0 amide bonds. The maximum absolute atomic E-state index is 12.6. The summed E-state index contributed by atoms with van der Waals surface area (Å²) in [6, 6.07) is 3.39. The maximum Gasteiger partial charge on any atom is 0.416 e. The number of halogens is 3. The van der Waals surface area contributed by atoms with Crippen LogP contribution in [0, 0.1) is 5.92 Å². The molecule has 1 aromatic rings. The standard InChI is InChI=1S/C13H17F3N2S/c1-3-8(2)7-18-11-5-4-9(13(14,15)16)6-10(11)12(17)19/h4-6,8,18H,3,7H2,1-2H3,(H2,17,19). The number of nitrogens with one attached hydrogen (secondary N) is 1. The van der Waals surface area contributed by atoms with Crippen LogP contribution in [-0.2, 0) is 6.18 Å². The second-order valence-corrected chi connectivity index (χ2v) is 4.96. The lowest BCUT2D eigenvalue weighted by Crippen LogP contribution is -2.18. The summed E-state index contributed by atoms with van der Waals surface area (Å²) in [6.45, 7) is 4.77. The van der Waals surface area contributed by atoms with Crippen LogP contribution in [0.2, 0.25) is 0 Å².